The molecule has 0 aliphatic rings. The average molecular weight is 362 g/mol. The van der Waals surface area contributed by atoms with Gasteiger partial charge in [-0.15, -0.1) is 0 Å². The number of carbonyl (C=O) groups excluding carboxylic acids is 1. The highest BCUT2D eigenvalue weighted by molar-refractivity contribution is 5.89. The molecule has 0 fully saturated rings. The topological polar surface area (TPSA) is 67.4 Å². The Morgan fingerprint density at radius 1 is 1.07 bits per heavy atom. The highest BCUT2D eigenvalue weighted by Gasteiger charge is 2.12. The van der Waals surface area contributed by atoms with E-state index in [1.165, 1.54) is 7.11 Å². The Morgan fingerprint density at radius 2 is 1.78 bits per heavy atom. The van der Waals surface area contributed by atoms with Crippen LogP contribution in [-0.4, -0.2) is 29.6 Å². The number of rotatable bonds is 6. The molecule has 1 heterocycles. The van der Waals surface area contributed by atoms with Crippen molar-refractivity contribution in [2.24, 2.45) is 0 Å². The quantitative estimate of drug-likeness (QED) is 0.653. The van der Waals surface area contributed by atoms with Crippen molar-refractivity contribution >= 4 is 29.1 Å². The molecule has 0 amide bonds. The van der Waals surface area contributed by atoms with E-state index in [0.717, 1.165) is 23.6 Å². The predicted octanol–water partition coefficient (Wildman–Crippen LogP) is 4.47. The normalized spacial score (nSPS) is 10.3. The van der Waals surface area contributed by atoms with Crippen LogP contribution in [0.25, 0.3) is 0 Å². The summed E-state index contributed by atoms with van der Waals surface area (Å²) in [4.78, 5) is 22.8. The molecule has 1 aromatic heterocycles. The molecule has 2 aromatic carbocycles. The molecule has 0 saturated carbocycles. The minimum Gasteiger partial charge on any atom is -0.465 e. The Kier molecular flexibility index (Phi) is 5.66. The number of carbonyl (C=O) groups is 1. The van der Waals surface area contributed by atoms with Gasteiger partial charge >= 0.3 is 5.97 Å². The zero-order valence-electron chi connectivity index (χ0n) is 15.6. The molecular formula is C21H22N4O2. The molecule has 0 spiro atoms. The fourth-order valence-corrected chi connectivity index (χ4v) is 2.74. The Hall–Kier alpha value is -3.41. The molecule has 27 heavy (non-hydrogen) atoms. The minimum absolute atomic E-state index is 0.358. The van der Waals surface area contributed by atoms with E-state index in [0.29, 0.717) is 17.3 Å². The third kappa shape index (κ3) is 4.41. The largest absolute Gasteiger partial charge is 0.465 e. The van der Waals surface area contributed by atoms with Gasteiger partial charge in [-0.25, -0.2) is 9.78 Å². The van der Waals surface area contributed by atoms with Gasteiger partial charge in [0.15, 0.2) is 0 Å². The molecule has 138 valence electrons. The average Bonchev–Trinajstić information content (AvgIpc) is 2.69. The molecular weight excluding hydrogens is 340 g/mol. The zero-order valence-corrected chi connectivity index (χ0v) is 15.6. The zero-order chi connectivity index (χ0) is 19.2. The number of aryl methyl sites for hydroxylation is 1. The molecule has 6 heteroatoms. The lowest BCUT2D eigenvalue weighted by Gasteiger charge is -2.22. The molecule has 0 saturated heterocycles. The fraction of sp³-hybridized carbons (Fsp3) is 0.190. The van der Waals surface area contributed by atoms with Crippen LogP contribution in [0.2, 0.25) is 0 Å². The van der Waals surface area contributed by atoms with Crippen LogP contribution < -0.4 is 10.2 Å². The molecule has 0 radical (unpaired) electrons. The summed E-state index contributed by atoms with van der Waals surface area (Å²) in [5.74, 6) is 0.971. The van der Waals surface area contributed by atoms with Crippen LogP contribution in [0.3, 0.4) is 0 Å². The predicted molar refractivity (Wildman–Crippen MR) is 107 cm³/mol. The Morgan fingerprint density at radius 3 is 2.41 bits per heavy atom. The van der Waals surface area contributed by atoms with Crippen molar-refractivity contribution in [1.29, 1.82) is 0 Å². The minimum atomic E-state index is -0.358. The van der Waals surface area contributed by atoms with Gasteiger partial charge in [0.1, 0.15) is 5.82 Å². The van der Waals surface area contributed by atoms with Gasteiger partial charge in [0, 0.05) is 29.7 Å². The van der Waals surface area contributed by atoms with Gasteiger partial charge in [0.25, 0.3) is 0 Å². The summed E-state index contributed by atoms with van der Waals surface area (Å²) >= 11 is 0. The van der Waals surface area contributed by atoms with E-state index < -0.39 is 0 Å². The lowest BCUT2D eigenvalue weighted by atomic mass is 10.2. The number of anilines is 4. The van der Waals surface area contributed by atoms with Crippen molar-refractivity contribution in [3.05, 3.63) is 71.9 Å². The standard InChI is InChI=1S/C21H22N4O2/c1-4-25(18-8-6-5-7-9-18)21-22-15(2)14-19(24-21)23-17-12-10-16(11-13-17)20(26)27-3/h5-14H,4H2,1-3H3,(H,22,23,24). The van der Waals surface area contributed by atoms with Gasteiger partial charge in [0.05, 0.1) is 12.7 Å². The smallest absolute Gasteiger partial charge is 0.337 e. The molecule has 0 bridgehead atoms. The van der Waals surface area contributed by atoms with Crippen molar-refractivity contribution in [3.63, 3.8) is 0 Å². The Labute approximate surface area is 158 Å². The van der Waals surface area contributed by atoms with Crippen LogP contribution in [-0.2, 0) is 4.74 Å². The van der Waals surface area contributed by atoms with Gasteiger partial charge in [0.2, 0.25) is 5.95 Å². The van der Waals surface area contributed by atoms with Gasteiger partial charge in [-0.2, -0.15) is 4.98 Å². The second-order valence-corrected chi connectivity index (χ2v) is 5.97. The van der Waals surface area contributed by atoms with E-state index in [1.54, 1.807) is 12.1 Å². The summed E-state index contributed by atoms with van der Waals surface area (Å²) in [5, 5.41) is 3.27. The molecule has 3 aromatic rings. The van der Waals surface area contributed by atoms with Crippen molar-refractivity contribution < 1.29 is 9.53 Å². The summed E-state index contributed by atoms with van der Waals surface area (Å²) in [6.07, 6.45) is 0. The van der Waals surface area contributed by atoms with Gasteiger partial charge < -0.3 is 15.0 Å². The highest BCUT2D eigenvalue weighted by Crippen LogP contribution is 2.24. The van der Waals surface area contributed by atoms with Crippen LogP contribution in [0.1, 0.15) is 23.0 Å². The number of methoxy groups -OCH3 is 1. The Bertz CT molecular complexity index is 911. The first-order valence-electron chi connectivity index (χ1n) is 8.74. The van der Waals surface area contributed by atoms with E-state index in [2.05, 4.69) is 27.1 Å². The lowest BCUT2D eigenvalue weighted by Crippen LogP contribution is -2.19. The maximum Gasteiger partial charge on any atom is 0.337 e. The number of ether oxygens (including phenoxy) is 1. The summed E-state index contributed by atoms with van der Waals surface area (Å²) in [6, 6.07) is 19.0. The molecule has 1 N–H and O–H groups in total. The number of para-hydroxylation sites is 1. The lowest BCUT2D eigenvalue weighted by molar-refractivity contribution is 0.0601. The van der Waals surface area contributed by atoms with Gasteiger partial charge in [-0.05, 0) is 50.2 Å². The Balaban J connectivity index is 1.86. The maximum absolute atomic E-state index is 11.5. The summed E-state index contributed by atoms with van der Waals surface area (Å²) in [7, 11) is 1.37. The summed E-state index contributed by atoms with van der Waals surface area (Å²) in [5.41, 5.74) is 3.24. The van der Waals surface area contributed by atoms with Crippen LogP contribution in [0.15, 0.2) is 60.7 Å². The van der Waals surface area contributed by atoms with E-state index in [-0.39, 0.29) is 5.97 Å². The van der Waals surface area contributed by atoms with Crippen LogP contribution in [0.5, 0.6) is 0 Å². The van der Waals surface area contributed by atoms with Crippen LogP contribution in [0, 0.1) is 6.92 Å². The molecule has 0 unspecified atom stereocenters. The van der Waals surface area contributed by atoms with Crippen molar-refractivity contribution in [2.75, 3.05) is 23.9 Å². The van der Waals surface area contributed by atoms with Crippen molar-refractivity contribution in [2.45, 2.75) is 13.8 Å². The number of nitrogens with one attached hydrogen (secondary N) is 1. The first kappa shape index (κ1) is 18.4. The first-order valence-corrected chi connectivity index (χ1v) is 8.74. The van der Waals surface area contributed by atoms with E-state index in [9.17, 15) is 4.79 Å². The van der Waals surface area contributed by atoms with Crippen LogP contribution >= 0.6 is 0 Å². The molecule has 0 atom stereocenters. The fourth-order valence-electron chi connectivity index (χ4n) is 2.74. The van der Waals surface area contributed by atoms with Gasteiger partial charge in [-0.1, -0.05) is 18.2 Å². The van der Waals surface area contributed by atoms with Crippen molar-refractivity contribution in [1.82, 2.24) is 9.97 Å². The molecule has 0 aliphatic heterocycles. The molecule has 6 nitrogen and oxygen atoms in total. The number of hydrogen-bond acceptors (Lipinski definition) is 6. The number of benzene rings is 2. The monoisotopic (exact) mass is 362 g/mol. The number of hydrogen-bond donors (Lipinski definition) is 1. The second-order valence-electron chi connectivity index (χ2n) is 5.97. The maximum atomic E-state index is 11.5. The van der Waals surface area contributed by atoms with Crippen molar-refractivity contribution in [3.8, 4) is 0 Å². The van der Waals surface area contributed by atoms with Crippen LogP contribution in [0.4, 0.5) is 23.1 Å². The van der Waals surface area contributed by atoms with E-state index in [1.807, 2.05) is 55.5 Å². The van der Waals surface area contributed by atoms with Gasteiger partial charge in [-0.3, -0.25) is 0 Å². The number of esters is 1. The molecule has 3 rings (SSSR count). The number of aromatic nitrogens is 2. The second kappa shape index (κ2) is 8.31. The van der Waals surface area contributed by atoms with E-state index in [4.69, 9.17) is 4.74 Å². The molecule has 0 aliphatic carbocycles. The van der Waals surface area contributed by atoms with E-state index >= 15 is 0 Å². The summed E-state index contributed by atoms with van der Waals surface area (Å²) in [6.45, 7) is 4.76. The SMILES string of the molecule is CCN(c1ccccc1)c1nc(C)cc(Nc2ccc(C(=O)OC)cc2)n1. The third-order valence-corrected chi connectivity index (χ3v) is 4.05. The number of nitrogens with zero attached hydrogens (tertiary/aromatic N) is 3. The summed E-state index contributed by atoms with van der Waals surface area (Å²) < 4.78 is 4.72. The highest BCUT2D eigenvalue weighted by atomic mass is 16.5. The third-order valence-electron chi connectivity index (χ3n) is 4.05. The first-order chi connectivity index (χ1) is 13.1.